The van der Waals surface area contributed by atoms with E-state index in [-0.39, 0.29) is 17.1 Å². The molecule has 0 spiro atoms. The highest BCUT2D eigenvalue weighted by Gasteiger charge is 2.30. The summed E-state index contributed by atoms with van der Waals surface area (Å²) in [6.45, 7) is 8.63. The third-order valence-electron chi connectivity index (χ3n) is 5.40. The number of carbonyl (C=O) groups is 1. The molecule has 2 aromatic rings. The van der Waals surface area contributed by atoms with Crippen LogP contribution in [0.3, 0.4) is 0 Å². The van der Waals surface area contributed by atoms with Crippen molar-refractivity contribution in [2.75, 3.05) is 14.2 Å². The summed E-state index contributed by atoms with van der Waals surface area (Å²) in [4.78, 5) is 17.8. The molecule has 3 rings (SSSR count). The fraction of sp³-hybridized carbons (Fsp3) is 0.545. The summed E-state index contributed by atoms with van der Waals surface area (Å²) < 4.78 is 13.6. The van der Waals surface area contributed by atoms with Gasteiger partial charge >= 0.3 is 0 Å². The van der Waals surface area contributed by atoms with Gasteiger partial charge < -0.3 is 9.47 Å². The summed E-state index contributed by atoms with van der Waals surface area (Å²) in [5.74, 6) is 1.47. The highest BCUT2D eigenvalue weighted by molar-refractivity contribution is 9.10. The second-order valence-corrected chi connectivity index (χ2v) is 9.42. The molecule has 1 aromatic heterocycles. The first kappa shape index (κ1) is 20.9. The number of benzene rings is 1. The highest BCUT2D eigenvalue weighted by atomic mass is 79.9. The number of Topliss-reactive ketones (excluding diaryl/α,β-unsaturated/α-hetero) is 1. The Morgan fingerprint density at radius 2 is 1.86 bits per heavy atom. The molecule has 0 fully saturated rings. The Morgan fingerprint density at radius 1 is 1.21 bits per heavy atom. The molecule has 1 aromatic carbocycles. The lowest BCUT2D eigenvalue weighted by Gasteiger charge is -2.23. The lowest BCUT2D eigenvalue weighted by atomic mass is 9.85. The molecule has 0 radical (unpaired) electrons. The molecule has 0 saturated carbocycles. The van der Waals surface area contributed by atoms with Crippen LogP contribution in [0.5, 0.6) is 11.5 Å². The summed E-state index contributed by atoms with van der Waals surface area (Å²) in [6.07, 6.45) is 3.49. The molecule has 1 aliphatic rings. The zero-order chi connectivity index (χ0) is 20.6. The van der Waals surface area contributed by atoms with E-state index >= 15 is 0 Å². The van der Waals surface area contributed by atoms with Crippen molar-refractivity contribution >= 4 is 21.7 Å². The molecule has 1 aliphatic heterocycles. The average molecular weight is 449 g/mol. The average Bonchev–Trinajstić information content (AvgIpc) is 3.00. The number of ether oxygens (including phenoxy) is 2. The lowest BCUT2D eigenvalue weighted by molar-refractivity contribution is 0.0910. The second-order valence-electron chi connectivity index (χ2n) is 8.71. The van der Waals surface area contributed by atoms with E-state index < -0.39 is 0 Å². The maximum Gasteiger partial charge on any atom is 0.185 e. The van der Waals surface area contributed by atoms with Gasteiger partial charge in [0.1, 0.15) is 5.69 Å². The largest absolute Gasteiger partial charge is 0.493 e. The topological polar surface area (TPSA) is 53.4 Å². The van der Waals surface area contributed by atoms with Gasteiger partial charge in [0.2, 0.25) is 0 Å². The van der Waals surface area contributed by atoms with Crippen molar-refractivity contribution in [1.29, 1.82) is 0 Å². The molecule has 152 valence electrons. The number of halogens is 1. The zero-order valence-corrected chi connectivity index (χ0v) is 19.1. The van der Waals surface area contributed by atoms with Crippen molar-refractivity contribution in [2.45, 2.75) is 53.4 Å². The van der Waals surface area contributed by atoms with Gasteiger partial charge in [0.05, 0.1) is 25.6 Å². The van der Waals surface area contributed by atoms with Crippen molar-refractivity contribution in [2.24, 2.45) is 11.3 Å². The van der Waals surface area contributed by atoms with Crippen LogP contribution in [0.1, 0.15) is 62.3 Å². The third-order valence-corrected chi connectivity index (χ3v) is 5.93. The van der Waals surface area contributed by atoms with Gasteiger partial charge in [-0.25, -0.2) is 4.98 Å². The summed E-state index contributed by atoms with van der Waals surface area (Å²) in [6, 6.07) is 3.97. The molecular formula is C22H29BrN2O3. The van der Waals surface area contributed by atoms with E-state index in [0.717, 1.165) is 42.6 Å². The van der Waals surface area contributed by atoms with Crippen molar-refractivity contribution in [3.63, 3.8) is 0 Å². The number of imidazole rings is 1. The van der Waals surface area contributed by atoms with E-state index in [4.69, 9.17) is 9.47 Å². The first-order valence-electron chi connectivity index (χ1n) is 9.73. The smallest absolute Gasteiger partial charge is 0.185 e. The standard InChI is InChI=1S/C22H29BrN2O3/c1-13(9-10-22(2,3)4)20(26)19-15-8-7-14-11-17(27-5)18(28-6)12-16(14)25(15)21(23)24-19/h11-13H,7-10H2,1-6H3. The van der Waals surface area contributed by atoms with Crippen LogP contribution < -0.4 is 9.47 Å². The Balaban J connectivity index is 1.98. The lowest BCUT2D eigenvalue weighted by Crippen LogP contribution is -2.19. The molecule has 2 heterocycles. The normalized spacial score (nSPS) is 14.2. The monoisotopic (exact) mass is 448 g/mol. The molecule has 28 heavy (non-hydrogen) atoms. The van der Waals surface area contributed by atoms with Gasteiger partial charge in [0, 0.05) is 12.0 Å². The van der Waals surface area contributed by atoms with Crippen LogP contribution >= 0.6 is 15.9 Å². The number of hydrogen-bond acceptors (Lipinski definition) is 4. The van der Waals surface area contributed by atoms with Gasteiger partial charge in [-0.3, -0.25) is 9.36 Å². The SMILES string of the molecule is COc1cc2c(cc1OC)-n1c(Br)nc(C(=O)C(C)CCC(C)(C)C)c1CC2. The first-order chi connectivity index (χ1) is 13.2. The van der Waals surface area contributed by atoms with Crippen LogP contribution in [-0.2, 0) is 12.8 Å². The number of aromatic nitrogens is 2. The fourth-order valence-electron chi connectivity index (χ4n) is 3.68. The number of methoxy groups -OCH3 is 2. The van der Waals surface area contributed by atoms with Gasteiger partial charge in [0.15, 0.2) is 22.0 Å². The van der Waals surface area contributed by atoms with Crippen LogP contribution in [0.25, 0.3) is 5.69 Å². The summed E-state index contributed by atoms with van der Waals surface area (Å²) >= 11 is 3.57. The second kappa shape index (κ2) is 7.90. The maximum atomic E-state index is 13.1. The Hall–Kier alpha value is -1.82. The van der Waals surface area contributed by atoms with Gasteiger partial charge in [-0.15, -0.1) is 0 Å². The van der Waals surface area contributed by atoms with E-state index in [9.17, 15) is 4.79 Å². The molecular weight excluding hydrogens is 420 g/mol. The predicted octanol–water partition coefficient (Wildman–Crippen LogP) is 5.40. The van der Waals surface area contributed by atoms with E-state index in [0.29, 0.717) is 21.9 Å². The van der Waals surface area contributed by atoms with Crippen molar-refractivity contribution in [1.82, 2.24) is 9.55 Å². The molecule has 0 amide bonds. The Kier molecular flexibility index (Phi) is 5.89. The van der Waals surface area contributed by atoms with Gasteiger partial charge in [0.25, 0.3) is 0 Å². The molecule has 6 heteroatoms. The fourth-order valence-corrected chi connectivity index (χ4v) is 4.26. The van der Waals surface area contributed by atoms with Crippen molar-refractivity contribution in [3.8, 4) is 17.2 Å². The molecule has 1 atom stereocenters. The Morgan fingerprint density at radius 3 is 2.46 bits per heavy atom. The molecule has 0 bridgehead atoms. The molecule has 0 N–H and O–H groups in total. The van der Waals surface area contributed by atoms with E-state index in [1.165, 1.54) is 0 Å². The number of aryl methyl sites for hydroxylation is 1. The maximum absolute atomic E-state index is 13.1. The van der Waals surface area contributed by atoms with Crippen LogP contribution in [0.15, 0.2) is 16.9 Å². The van der Waals surface area contributed by atoms with E-state index in [2.05, 4.69) is 41.7 Å². The minimum absolute atomic E-state index is 0.0440. The van der Waals surface area contributed by atoms with Crippen molar-refractivity contribution in [3.05, 3.63) is 33.8 Å². The van der Waals surface area contributed by atoms with Crippen molar-refractivity contribution < 1.29 is 14.3 Å². The number of fused-ring (bicyclic) bond motifs is 3. The summed E-state index contributed by atoms with van der Waals surface area (Å²) in [5, 5.41) is 0. The van der Waals surface area contributed by atoms with Gasteiger partial charge in [-0.2, -0.15) is 0 Å². The molecule has 0 saturated heterocycles. The van der Waals surface area contributed by atoms with Gasteiger partial charge in [-0.1, -0.05) is 27.7 Å². The van der Waals surface area contributed by atoms with Crippen LogP contribution in [-0.4, -0.2) is 29.6 Å². The number of carbonyl (C=O) groups excluding carboxylic acids is 1. The van der Waals surface area contributed by atoms with Crippen LogP contribution in [0.4, 0.5) is 0 Å². The summed E-state index contributed by atoms with van der Waals surface area (Å²) in [5.41, 5.74) is 3.92. The van der Waals surface area contributed by atoms with Crippen LogP contribution in [0.2, 0.25) is 0 Å². The summed E-state index contributed by atoms with van der Waals surface area (Å²) in [7, 11) is 3.27. The minimum Gasteiger partial charge on any atom is -0.493 e. The predicted molar refractivity (Wildman–Crippen MR) is 114 cm³/mol. The number of ketones is 1. The third kappa shape index (κ3) is 3.97. The number of rotatable bonds is 6. The van der Waals surface area contributed by atoms with Gasteiger partial charge in [-0.05, 0) is 58.7 Å². The highest BCUT2D eigenvalue weighted by Crippen LogP contribution is 2.38. The molecule has 0 aliphatic carbocycles. The van der Waals surface area contributed by atoms with E-state index in [1.807, 2.05) is 23.6 Å². The first-order valence-corrected chi connectivity index (χ1v) is 10.5. The Labute approximate surface area is 175 Å². The minimum atomic E-state index is -0.0440. The zero-order valence-electron chi connectivity index (χ0n) is 17.6. The quantitative estimate of drug-likeness (QED) is 0.555. The van der Waals surface area contributed by atoms with E-state index in [1.54, 1.807) is 14.2 Å². The number of hydrogen-bond donors (Lipinski definition) is 0. The molecule has 1 unspecified atom stereocenters. The number of nitrogens with zero attached hydrogens (tertiary/aromatic N) is 2. The Bertz CT molecular complexity index is 896. The van der Waals surface area contributed by atoms with Crippen LogP contribution in [0, 0.1) is 11.3 Å². The molecule has 5 nitrogen and oxygen atoms in total.